The number of piperazine rings is 1. The molecule has 3 aromatic rings. The first-order valence-corrected chi connectivity index (χ1v) is 16.0. The molecule has 4 heteroatoms. The molecule has 0 N–H and O–H groups in total. The molecule has 0 bridgehead atoms. The van der Waals surface area contributed by atoms with E-state index >= 15 is 0 Å². The molecule has 0 unspecified atom stereocenters. The molecule has 1 heterocycles. The van der Waals surface area contributed by atoms with E-state index in [0.29, 0.717) is 18.4 Å². The number of nitrogens with zero attached hydrogens (tertiary/aromatic N) is 2. The normalized spacial score (nSPS) is 15.2. The van der Waals surface area contributed by atoms with Gasteiger partial charge in [0.15, 0.2) is 0 Å². The molecule has 36 heavy (non-hydrogen) atoms. The van der Waals surface area contributed by atoms with Gasteiger partial charge < -0.3 is 0 Å². The van der Waals surface area contributed by atoms with Crippen molar-refractivity contribution in [3.05, 3.63) is 91.0 Å². The Bertz CT molecular complexity index is 951. The quantitative estimate of drug-likeness (QED) is 0.265. The molecular weight excluding hydrogens is 459 g/mol. The predicted octanol–water partition coefficient (Wildman–Crippen LogP) is 5.22. The van der Waals surface area contributed by atoms with E-state index in [1.54, 1.807) is 0 Å². The maximum absolute atomic E-state index is 12.7. The Balaban J connectivity index is 1.37. The Morgan fingerprint density at radius 2 is 1.11 bits per heavy atom. The number of rotatable bonds is 11. The fourth-order valence-electron chi connectivity index (χ4n) is 5.77. The summed E-state index contributed by atoms with van der Waals surface area (Å²) in [5.41, 5.74) is 0. The Morgan fingerprint density at radius 1 is 0.667 bits per heavy atom. The van der Waals surface area contributed by atoms with Crippen molar-refractivity contribution < 1.29 is 4.79 Å². The van der Waals surface area contributed by atoms with Gasteiger partial charge in [0.05, 0.1) is 0 Å². The Morgan fingerprint density at radius 3 is 1.56 bits per heavy atom. The summed E-state index contributed by atoms with van der Waals surface area (Å²) in [4.78, 5) is 17.3. The number of amides is 1. The zero-order valence-electron chi connectivity index (χ0n) is 22.1. The zero-order valence-corrected chi connectivity index (χ0v) is 23.1. The number of carbonyl (C=O) groups is 1. The van der Waals surface area contributed by atoms with Crippen molar-refractivity contribution in [2.45, 2.75) is 52.0 Å². The summed E-state index contributed by atoms with van der Waals surface area (Å²) in [6.45, 7) is 8.26. The topological polar surface area (TPSA) is 23.6 Å². The molecule has 1 aliphatic heterocycles. The Kier molecular flexibility index (Phi) is 9.73. The third-order valence-corrected chi connectivity index (χ3v) is 12.9. The van der Waals surface area contributed by atoms with Crippen molar-refractivity contribution in [2.24, 2.45) is 0 Å². The van der Waals surface area contributed by atoms with Crippen molar-refractivity contribution in [3.63, 3.8) is 0 Å². The second kappa shape index (κ2) is 13.2. The number of carbonyl (C=O) groups excluding carboxylic acids is 1. The van der Waals surface area contributed by atoms with E-state index < -0.39 is 7.26 Å². The minimum atomic E-state index is -2.13. The molecule has 0 aromatic heterocycles. The zero-order chi connectivity index (χ0) is 25.2. The van der Waals surface area contributed by atoms with E-state index in [1.807, 2.05) is 0 Å². The molecule has 1 saturated heterocycles. The van der Waals surface area contributed by atoms with Gasteiger partial charge >= 0.3 is 205 Å². The van der Waals surface area contributed by atoms with Crippen LogP contribution in [0.5, 0.6) is 0 Å². The summed E-state index contributed by atoms with van der Waals surface area (Å²) in [5.74, 6) is 0.347. The van der Waals surface area contributed by atoms with Crippen LogP contribution in [0.4, 0.5) is 0 Å². The molecule has 0 saturated carbocycles. The predicted molar refractivity (Wildman–Crippen MR) is 158 cm³/mol. The maximum atomic E-state index is 12.7. The first kappa shape index (κ1) is 26.6. The van der Waals surface area contributed by atoms with Crippen LogP contribution in [0.2, 0.25) is 0 Å². The van der Waals surface area contributed by atoms with Gasteiger partial charge in [-0.1, -0.05) is 0 Å². The monoisotopic (exact) mass is 502 g/mol. The molecule has 1 amide bonds. The number of hydrogen-bond acceptors (Lipinski definition) is 2. The standard InChI is InChI=1S/C32H43N2OP/c1-28(2)33-23-25-34(26-24-33)32(35)22-14-3-4-15-27-36(29-16-8-5-9-17-29,30-18-10-6-11-19-30)31-20-12-7-13-21-31/h5-13,16-21,28,36H,3-4,14-15,22-27H2,1-2H3. The number of hydrogen-bond donors (Lipinski definition) is 0. The summed E-state index contributed by atoms with van der Waals surface area (Å²) in [6.07, 6.45) is 6.37. The van der Waals surface area contributed by atoms with E-state index in [9.17, 15) is 4.79 Å². The molecule has 0 aliphatic carbocycles. The summed E-state index contributed by atoms with van der Waals surface area (Å²) in [6, 6.07) is 34.1. The second-order valence-electron chi connectivity index (χ2n) is 10.4. The van der Waals surface area contributed by atoms with Crippen molar-refractivity contribution in [1.82, 2.24) is 9.80 Å². The number of unbranched alkanes of at least 4 members (excludes halogenated alkanes) is 3. The van der Waals surface area contributed by atoms with Crippen LogP contribution in [0.15, 0.2) is 91.0 Å². The Hall–Kier alpha value is -2.48. The van der Waals surface area contributed by atoms with Crippen LogP contribution in [0.1, 0.15) is 46.0 Å². The van der Waals surface area contributed by atoms with Gasteiger partial charge in [0.2, 0.25) is 0 Å². The average Bonchev–Trinajstić information content (AvgIpc) is 2.94. The molecule has 0 atom stereocenters. The summed E-state index contributed by atoms with van der Waals surface area (Å²) >= 11 is 0. The van der Waals surface area contributed by atoms with Crippen LogP contribution >= 0.6 is 7.26 Å². The Labute approximate surface area is 218 Å². The van der Waals surface area contributed by atoms with Crippen LogP contribution < -0.4 is 15.9 Å². The van der Waals surface area contributed by atoms with E-state index in [0.717, 1.165) is 39.0 Å². The van der Waals surface area contributed by atoms with Crippen molar-refractivity contribution in [1.29, 1.82) is 0 Å². The van der Waals surface area contributed by atoms with E-state index in [-0.39, 0.29) is 0 Å². The van der Waals surface area contributed by atoms with E-state index in [2.05, 4.69) is 115 Å². The first-order valence-electron chi connectivity index (χ1n) is 13.8. The van der Waals surface area contributed by atoms with E-state index in [4.69, 9.17) is 0 Å². The molecule has 0 spiro atoms. The molecule has 3 nitrogen and oxygen atoms in total. The summed E-state index contributed by atoms with van der Waals surface area (Å²) < 4.78 is 0. The molecule has 192 valence electrons. The van der Waals surface area contributed by atoms with E-state index in [1.165, 1.54) is 34.9 Å². The van der Waals surface area contributed by atoms with Crippen LogP contribution in [-0.4, -0.2) is 54.1 Å². The third-order valence-electron chi connectivity index (χ3n) is 7.89. The molecule has 1 aliphatic rings. The molecule has 1 fully saturated rings. The van der Waals surface area contributed by atoms with Gasteiger partial charge in [-0.2, -0.15) is 0 Å². The molecule has 4 rings (SSSR count). The van der Waals surface area contributed by atoms with Crippen LogP contribution in [0, 0.1) is 0 Å². The summed E-state index contributed by atoms with van der Waals surface area (Å²) in [7, 11) is -2.13. The van der Waals surface area contributed by atoms with Crippen molar-refractivity contribution in [2.75, 3.05) is 32.3 Å². The van der Waals surface area contributed by atoms with Crippen molar-refractivity contribution in [3.8, 4) is 0 Å². The third kappa shape index (κ3) is 6.44. The van der Waals surface area contributed by atoms with Gasteiger partial charge in [-0.3, -0.25) is 0 Å². The average molecular weight is 503 g/mol. The van der Waals surface area contributed by atoms with Gasteiger partial charge in [-0.05, 0) is 13.8 Å². The van der Waals surface area contributed by atoms with Gasteiger partial charge in [0.25, 0.3) is 0 Å². The number of benzene rings is 3. The molecule has 0 radical (unpaired) electrons. The molecule has 3 aromatic carbocycles. The van der Waals surface area contributed by atoms with Gasteiger partial charge in [0.1, 0.15) is 0 Å². The fourth-order valence-corrected chi connectivity index (χ4v) is 10.7. The van der Waals surface area contributed by atoms with Crippen LogP contribution in [0.3, 0.4) is 0 Å². The molecular formula is C32H43N2OP. The SMILES string of the molecule is CC(C)N1CCN(C(=O)CCCCCC[PH](c2ccccc2)(c2ccccc2)c2ccccc2)CC1. The van der Waals surface area contributed by atoms with Gasteiger partial charge in [-0.15, -0.1) is 0 Å². The second-order valence-corrected chi connectivity index (χ2v) is 14.5. The minimum absolute atomic E-state index is 0.347. The van der Waals surface area contributed by atoms with Gasteiger partial charge in [-0.25, -0.2) is 0 Å². The fraction of sp³-hybridized carbons (Fsp3) is 0.406. The summed E-state index contributed by atoms with van der Waals surface area (Å²) in [5, 5.41) is 4.45. The van der Waals surface area contributed by atoms with Crippen LogP contribution in [-0.2, 0) is 4.79 Å². The van der Waals surface area contributed by atoms with Crippen molar-refractivity contribution >= 4 is 29.1 Å². The first-order chi connectivity index (χ1) is 17.6. The van der Waals surface area contributed by atoms with Crippen LogP contribution in [0.25, 0.3) is 0 Å². The van der Waals surface area contributed by atoms with Gasteiger partial charge in [0, 0.05) is 0 Å².